The van der Waals surface area contributed by atoms with Crippen molar-refractivity contribution in [3.05, 3.63) is 107 Å². The molecule has 2 aliphatic rings. The van der Waals surface area contributed by atoms with Crippen LogP contribution in [0, 0.1) is 5.92 Å². The van der Waals surface area contributed by atoms with Crippen molar-refractivity contribution in [2.45, 2.75) is 25.3 Å². The van der Waals surface area contributed by atoms with E-state index < -0.39 is 0 Å². The lowest BCUT2D eigenvalue weighted by Crippen LogP contribution is -2.29. The summed E-state index contributed by atoms with van der Waals surface area (Å²) in [6, 6.07) is 24.3. The van der Waals surface area contributed by atoms with Crippen molar-refractivity contribution >= 4 is 17.3 Å². The Morgan fingerprint density at radius 1 is 1.03 bits per heavy atom. The third-order valence-corrected chi connectivity index (χ3v) is 6.62. The summed E-state index contributed by atoms with van der Waals surface area (Å²) in [5.74, 6) is 1.32. The van der Waals surface area contributed by atoms with Crippen LogP contribution in [0.1, 0.15) is 52.4 Å². The summed E-state index contributed by atoms with van der Waals surface area (Å²) in [5, 5.41) is 8.13. The average molecular weight is 438 g/mol. The summed E-state index contributed by atoms with van der Waals surface area (Å²) < 4.78 is 5.14. The molecule has 1 amide bonds. The maximum Gasteiger partial charge on any atom is 0.271 e. The Labute approximate surface area is 194 Å². The van der Waals surface area contributed by atoms with Crippen molar-refractivity contribution in [3.8, 4) is 5.75 Å². The van der Waals surface area contributed by atoms with Crippen LogP contribution in [0.15, 0.2) is 90.0 Å². The van der Waals surface area contributed by atoms with Gasteiger partial charge < -0.3 is 10.1 Å². The largest absolute Gasteiger partial charge is 0.497 e. The zero-order chi connectivity index (χ0) is 22.8. The van der Waals surface area contributed by atoms with Crippen LogP contribution in [-0.2, 0) is 0 Å². The normalized spacial score (nSPS) is 21.0. The van der Waals surface area contributed by atoms with E-state index in [9.17, 15) is 4.79 Å². The summed E-state index contributed by atoms with van der Waals surface area (Å²) in [4.78, 5) is 12.5. The molecule has 0 fully saturated rings. The Balaban J connectivity index is 1.36. The average Bonchev–Trinajstić information content (AvgIpc) is 3.37. The molecule has 1 aliphatic heterocycles. The van der Waals surface area contributed by atoms with Gasteiger partial charge in [-0.05, 0) is 72.4 Å². The van der Waals surface area contributed by atoms with Crippen molar-refractivity contribution in [3.63, 3.8) is 0 Å². The van der Waals surface area contributed by atoms with Gasteiger partial charge in [-0.25, -0.2) is 5.43 Å². The number of hydrogen-bond donors (Lipinski definition) is 2. The Bertz CT molecular complexity index is 1220. The fraction of sp³-hybridized carbons (Fsp3) is 0.214. The Hall–Kier alpha value is -3.86. The van der Waals surface area contributed by atoms with E-state index >= 15 is 0 Å². The number of methoxy groups -OCH3 is 1. The zero-order valence-electron chi connectivity index (χ0n) is 18.8. The second-order valence-electron chi connectivity index (χ2n) is 8.55. The first-order valence-electron chi connectivity index (χ1n) is 11.2. The van der Waals surface area contributed by atoms with E-state index in [1.807, 2.05) is 6.92 Å². The number of nitrogens with zero attached hydrogens (tertiary/aromatic N) is 1. The van der Waals surface area contributed by atoms with Gasteiger partial charge in [0, 0.05) is 17.2 Å². The van der Waals surface area contributed by atoms with Gasteiger partial charge in [-0.2, -0.15) is 5.10 Å². The van der Waals surface area contributed by atoms with Gasteiger partial charge in [0.05, 0.1) is 18.9 Å². The number of fused-ring (bicyclic) bond motifs is 3. The number of ether oxygens (including phenoxy) is 1. The fourth-order valence-corrected chi connectivity index (χ4v) is 4.82. The molecule has 1 heterocycles. The van der Waals surface area contributed by atoms with Crippen molar-refractivity contribution in [1.29, 1.82) is 0 Å². The zero-order valence-corrected chi connectivity index (χ0v) is 18.8. The molecule has 0 bridgehead atoms. The molecule has 0 radical (unpaired) electrons. The topological polar surface area (TPSA) is 62.7 Å². The number of amides is 1. The maximum absolute atomic E-state index is 12.5. The van der Waals surface area contributed by atoms with Gasteiger partial charge >= 0.3 is 0 Å². The van der Waals surface area contributed by atoms with E-state index in [0.717, 1.165) is 23.4 Å². The third kappa shape index (κ3) is 4.14. The molecule has 33 heavy (non-hydrogen) atoms. The molecule has 0 unspecified atom stereocenters. The SMILES string of the molecule is COc1ccc(C(=O)N/N=C(/C)c2ccc3c(c2)[C@@H]2C=CC[C@@H]2[C@H](c2ccccc2)N3)cc1. The van der Waals surface area contributed by atoms with Gasteiger partial charge in [0.1, 0.15) is 5.75 Å². The summed E-state index contributed by atoms with van der Waals surface area (Å²) in [6.07, 6.45) is 5.69. The number of hydrazone groups is 1. The number of hydrogen-bond acceptors (Lipinski definition) is 4. The van der Waals surface area contributed by atoms with Crippen LogP contribution in [0.5, 0.6) is 5.75 Å². The van der Waals surface area contributed by atoms with E-state index in [1.54, 1.807) is 31.4 Å². The summed E-state index contributed by atoms with van der Waals surface area (Å²) in [6.45, 7) is 1.92. The number of anilines is 1. The molecular weight excluding hydrogens is 410 g/mol. The van der Waals surface area contributed by atoms with Crippen LogP contribution in [0.3, 0.4) is 0 Å². The van der Waals surface area contributed by atoms with Crippen molar-refractivity contribution in [2.75, 3.05) is 12.4 Å². The summed E-state index contributed by atoms with van der Waals surface area (Å²) >= 11 is 0. The standard InChI is InChI=1S/C28H27N3O2/c1-18(30-31-28(32)20-11-14-22(33-2)15-12-20)21-13-16-26-25(17-21)23-9-6-10-24(23)27(29-26)19-7-4-3-5-8-19/h3-9,11-17,23-24,27,29H,10H2,1-2H3,(H,31,32)/b30-18-/t23-,24+,27+/m1/s1. The summed E-state index contributed by atoms with van der Waals surface area (Å²) in [7, 11) is 1.60. The Morgan fingerprint density at radius 3 is 2.55 bits per heavy atom. The lowest BCUT2D eigenvalue weighted by atomic mass is 9.76. The highest BCUT2D eigenvalue weighted by molar-refractivity contribution is 6.01. The lowest BCUT2D eigenvalue weighted by Gasteiger charge is -2.37. The molecule has 3 atom stereocenters. The van der Waals surface area contributed by atoms with Crippen LogP contribution < -0.4 is 15.5 Å². The molecule has 1 aliphatic carbocycles. The fourth-order valence-electron chi connectivity index (χ4n) is 4.82. The van der Waals surface area contributed by atoms with Gasteiger partial charge in [-0.3, -0.25) is 4.79 Å². The number of benzene rings is 3. The summed E-state index contributed by atoms with van der Waals surface area (Å²) in [5.41, 5.74) is 8.75. The minimum absolute atomic E-state index is 0.249. The molecule has 3 aromatic rings. The molecule has 0 saturated carbocycles. The number of rotatable bonds is 5. The highest BCUT2D eigenvalue weighted by Gasteiger charge is 2.37. The van der Waals surface area contributed by atoms with Crippen LogP contribution in [0.4, 0.5) is 5.69 Å². The highest BCUT2D eigenvalue weighted by atomic mass is 16.5. The van der Waals surface area contributed by atoms with Gasteiger partial charge in [0.25, 0.3) is 5.91 Å². The van der Waals surface area contributed by atoms with Gasteiger partial charge in [-0.1, -0.05) is 48.6 Å². The van der Waals surface area contributed by atoms with Gasteiger partial charge in [-0.15, -0.1) is 0 Å². The first kappa shape index (κ1) is 21.0. The van der Waals surface area contributed by atoms with Crippen molar-refractivity contribution in [1.82, 2.24) is 5.43 Å². The minimum Gasteiger partial charge on any atom is -0.497 e. The lowest BCUT2D eigenvalue weighted by molar-refractivity contribution is 0.0955. The van der Waals surface area contributed by atoms with E-state index in [2.05, 4.69) is 76.5 Å². The molecule has 0 aromatic heterocycles. The highest BCUT2D eigenvalue weighted by Crippen LogP contribution is 2.49. The molecular formula is C28H27N3O2. The number of nitrogens with one attached hydrogen (secondary N) is 2. The first-order valence-corrected chi connectivity index (χ1v) is 11.2. The predicted octanol–water partition coefficient (Wildman–Crippen LogP) is 5.68. The smallest absolute Gasteiger partial charge is 0.271 e. The second-order valence-corrected chi connectivity index (χ2v) is 8.55. The van der Waals surface area contributed by atoms with Crippen LogP contribution in [0.25, 0.3) is 0 Å². The predicted molar refractivity (Wildman–Crippen MR) is 132 cm³/mol. The number of allylic oxidation sites excluding steroid dienone is 2. The quantitative estimate of drug-likeness (QED) is 0.307. The van der Waals surface area contributed by atoms with Gasteiger partial charge in [0.15, 0.2) is 0 Å². The third-order valence-electron chi connectivity index (χ3n) is 6.62. The molecule has 5 nitrogen and oxygen atoms in total. The monoisotopic (exact) mass is 437 g/mol. The van der Waals surface area contributed by atoms with Crippen LogP contribution in [0.2, 0.25) is 0 Å². The number of carbonyl (C=O) groups excluding carboxylic acids is 1. The first-order chi connectivity index (χ1) is 16.1. The molecule has 0 saturated heterocycles. The van der Waals surface area contributed by atoms with Crippen molar-refractivity contribution in [2.24, 2.45) is 11.0 Å². The van der Waals surface area contributed by atoms with E-state index in [-0.39, 0.29) is 5.91 Å². The Morgan fingerprint density at radius 2 is 1.79 bits per heavy atom. The van der Waals surface area contributed by atoms with Crippen molar-refractivity contribution < 1.29 is 9.53 Å². The van der Waals surface area contributed by atoms with E-state index in [0.29, 0.717) is 29.2 Å². The van der Waals surface area contributed by atoms with E-state index in [4.69, 9.17) is 4.74 Å². The maximum atomic E-state index is 12.5. The second kappa shape index (κ2) is 8.94. The van der Waals surface area contributed by atoms with Crippen LogP contribution >= 0.6 is 0 Å². The molecule has 3 aromatic carbocycles. The molecule has 166 valence electrons. The molecule has 5 heteroatoms. The minimum atomic E-state index is -0.249. The van der Waals surface area contributed by atoms with E-state index in [1.165, 1.54) is 11.1 Å². The molecule has 2 N–H and O–H groups in total. The van der Waals surface area contributed by atoms with Crippen LogP contribution in [-0.4, -0.2) is 18.7 Å². The molecule has 0 spiro atoms. The molecule has 5 rings (SSSR count). The number of carbonyl (C=O) groups is 1. The Kier molecular flexibility index (Phi) is 5.69. The van der Waals surface area contributed by atoms with Gasteiger partial charge in [0.2, 0.25) is 0 Å².